The fourth-order valence-electron chi connectivity index (χ4n) is 2.39. The molecule has 0 bridgehead atoms. The van der Waals surface area contributed by atoms with Crippen molar-refractivity contribution in [2.45, 2.75) is 38.3 Å². The highest BCUT2D eigenvalue weighted by Crippen LogP contribution is 2.31. The van der Waals surface area contributed by atoms with Crippen LogP contribution in [0, 0.1) is 0 Å². The van der Waals surface area contributed by atoms with Crippen LogP contribution >= 0.6 is 0 Å². The van der Waals surface area contributed by atoms with Crippen LogP contribution in [-0.2, 0) is 6.42 Å². The van der Waals surface area contributed by atoms with Crippen molar-refractivity contribution < 1.29 is 0 Å². The van der Waals surface area contributed by atoms with Gasteiger partial charge in [0, 0.05) is 12.1 Å². The molecule has 2 rings (SSSR count). The summed E-state index contributed by atoms with van der Waals surface area (Å²) in [6.45, 7) is 6.00. The van der Waals surface area contributed by atoms with Crippen LogP contribution in [0.3, 0.4) is 0 Å². The van der Waals surface area contributed by atoms with E-state index in [2.05, 4.69) is 43.1 Å². The zero-order chi connectivity index (χ0) is 10.7. The van der Waals surface area contributed by atoms with Gasteiger partial charge in [0.1, 0.15) is 0 Å². The molecule has 15 heavy (non-hydrogen) atoms. The topological polar surface area (TPSA) is 12.0 Å². The van der Waals surface area contributed by atoms with Crippen LogP contribution in [0.5, 0.6) is 0 Å². The lowest BCUT2D eigenvalue weighted by Crippen LogP contribution is -2.28. The predicted molar refractivity (Wildman–Crippen MR) is 64.9 cm³/mol. The Kier molecular flexibility index (Phi) is 3.22. The molecular weight excluding hydrogens is 182 g/mol. The van der Waals surface area contributed by atoms with Gasteiger partial charge in [-0.2, -0.15) is 0 Å². The SMILES string of the molecule is C=CCC(C)NC1CCc2ccccc21. The van der Waals surface area contributed by atoms with E-state index >= 15 is 0 Å². The van der Waals surface area contributed by atoms with E-state index in [9.17, 15) is 0 Å². The number of aryl methyl sites for hydroxylation is 1. The first-order valence-electron chi connectivity index (χ1n) is 5.76. The maximum absolute atomic E-state index is 3.78. The highest BCUT2D eigenvalue weighted by molar-refractivity contribution is 5.34. The van der Waals surface area contributed by atoms with Crippen molar-refractivity contribution in [3.63, 3.8) is 0 Å². The Balaban J connectivity index is 2.04. The lowest BCUT2D eigenvalue weighted by molar-refractivity contribution is 0.456. The van der Waals surface area contributed by atoms with Crippen molar-refractivity contribution in [2.24, 2.45) is 0 Å². The second kappa shape index (κ2) is 4.63. The molecule has 2 atom stereocenters. The molecule has 1 aliphatic carbocycles. The molecule has 0 spiro atoms. The number of fused-ring (bicyclic) bond motifs is 1. The third kappa shape index (κ3) is 2.29. The Morgan fingerprint density at radius 2 is 2.33 bits per heavy atom. The summed E-state index contributed by atoms with van der Waals surface area (Å²) in [7, 11) is 0. The highest BCUT2D eigenvalue weighted by atomic mass is 14.9. The molecule has 2 unspecified atom stereocenters. The van der Waals surface area contributed by atoms with E-state index < -0.39 is 0 Å². The van der Waals surface area contributed by atoms with Gasteiger partial charge >= 0.3 is 0 Å². The van der Waals surface area contributed by atoms with Crippen molar-refractivity contribution >= 4 is 0 Å². The molecule has 1 aromatic carbocycles. The van der Waals surface area contributed by atoms with Crippen LogP contribution in [0.2, 0.25) is 0 Å². The van der Waals surface area contributed by atoms with E-state index in [4.69, 9.17) is 0 Å². The molecule has 0 aromatic heterocycles. The quantitative estimate of drug-likeness (QED) is 0.737. The molecule has 80 valence electrons. The average Bonchev–Trinajstić information content (AvgIpc) is 2.62. The van der Waals surface area contributed by atoms with Crippen LogP contribution in [0.15, 0.2) is 36.9 Å². The van der Waals surface area contributed by atoms with E-state index in [1.165, 1.54) is 24.0 Å². The summed E-state index contributed by atoms with van der Waals surface area (Å²) in [5.41, 5.74) is 3.01. The molecule has 1 N–H and O–H groups in total. The Bertz CT molecular complexity index is 343. The summed E-state index contributed by atoms with van der Waals surface area (Å²) >= 11 is 0. The van der Waals surface area contributed by atoms with Crippen LogP contribution in [0.4, 0.5) is 0 Å². The molecule has 1 aromatic rings. The predicted octanol–water partition coefficient (Wildman–Crippen LogP) is 3.23. The van der Waals surface area contributed by atoms with Gasteiger partial charge < -0.3 is 5.32 Å². The number of hydrogen-bond acceptors (Lipinski definition) is 1. The Morgan fingerprint density at radius 3 is 3.13 bits per heavy atom. The maximum Gasteiger partial charge on any atom is 0.0328 e. The van der Waals surface area contributed by atoms with E-state index in [0.29, 0.717) is 12.1 Å². The molecule has 1 heteroatoms. The number of rotatable bonds is 4. The highest BCUT2D eigenvalue weighted by Gasteiger charge is 2.22. The monoisotopic (exact) mass is 201 g/mol. The minimum Gasteiger partial charge on any atom is -0.307 e. The van der Waals surface area contributed by atoms with Gasteiger partial charge in [0.05, 0.1) is 0 Å². The number of benzene rings is 1. The van der Waals surface area contributed by atoms with Crippen LogP contribution in [0.25, 0.3) is 0 Å². The summed E-state index contributed by atoms with van der Waals surface area (Å²) < 4.78 is 0. The van der Waals surface area contributed by atoms with Gasteiger partial charge in [0.25, 0.3) is 0 Å². The summed E-state index contributed by atoms with van der Waals surface area (Å²) in [5, 5.41) is 3.66. The van der Waals surface area contributed by atoms with Crippen molar-refractivity contribution in [3.8, 4) is 0 Å². The lowest BCUT2D eigenvalue weighted by atomic mass is 10.1. The molecule has 0 fully saturated rings. The normalized spacial score (nSPS) is 21.0. The summed E-state index contributed by atoms with van der Waals surface area (Å²) in [5.74, 6) is 0. The van der Waals surface area contributed by atoms with Crippen LogP contribution in [0.1, 0.15) is 36.9 Å². The van der Waals surface area contributed by atoms with Gasteiger partial charge in [-0.3, -0.25) is 0 Å². The van der Waals surface area contributed by atoms with Gasteiger partial charge in [-0.25, -0.2) is 0 Å². The van der Waals surface area contributed by atoms with E-state index in [0.717, 1.165) is 6.42 Å². The van der Waals surface area contributed by atoms with Crippen molar-refractivity contribution in [2.75, 3.05) is 0 Å². The number of nitrogens with one attached hydrogen (secondary N) is 1. The third-order valence-electron chi connectivity index (χ3n) is 3.14. The second-order valence-corrected chi connectivity index (χ2v) is 4.38. The Morgan fingerprint density at radius 1 is 1.53 bits per heavy atom. The van der Waals surface area contributed by atoms with Gasteiger partial charge in [-0.15, -0.1) is 6.58 Å². The van der Waals surface area contributed by atoms with Crippen molar-refractivity contribution in [1.29, 1.82) is 0 Å². The fraction of sp³-hybridized carbons (Fsp3) is 0.429. The van der Waals surface area contributed by atoms with Gasteiger partial charge in [0.15, 0.2) is 0 Å². The number of hydrogen-bond donors (Lipinski definition) is 1. The van der Waals surface area contributed by atoms with Gasteiger partial charge in [-0.1, -0.05) is 30.3 Å². The van der Waals surface area contributed by atoms with Crippen molar-refractivity contribution in [1.82, 2.24) is 5.32 Å². The zero-order valence-corrected chi connectivity index (χ0v) is 9.37. The van der Waals surface area contributed by atoms with E-state index in [1.54, 1.807) is 0 Å². The lowest BCUT2D eigenvalue weighted by Gasteiger charge is -2.19. The van der Waals surface area contributed by atoms with Crippen LogP contribution < -0.4 is 5.32 Å². The molecular formula is C14H19N. The van der Waals surface area contributed by atoms with E-state index in [1.807, 2.05) is 6.08 Å². The van der Waals surface area contributed by atoms with Gasteiger partial charge in [0.2, 0.25) is 0 Å². The molecule has 1 aliphatic rings. The summed E-state index contributed by atoms with van der Waals surface area (Å²) in [6, 6.07) is 9.84. The van der Waals surface area contributed by atoms with Gasteiger partial charge in [-0.05, 0) is 37.3 Å². The Hall–Kier alpha value is -1.08. The first-order chi connectivity index (χ1) is 7.31. The fourth-order valence-corrected chi connectivity index (χ4v) is 2.39. The third-order valence-corrected chi connectivity index (χ3v) is 3.14. The molecule has 0 saturated heterocycles. The largest absolute Gasteiger partial charge is 0.307 e. The average molecular weight is 201 g/mol. The smallest absolute Gasteiger partial charge is 0.0328 e. The minimum atomic E-state index is 0.527. The van der Waals surface area contributed by atoms with Crippen molar-refractivity contribution in [3.05, 3.63) is 48.0 Å². The molecule has 0 saturated carbocycles. The first-order valence-corrected chi connectivity index (χ1v) is 5.76. The summed E-state index contributed by atoms with van der Waals surface area (Å²) in [6.07, 6.45) is 5.48. The molecule has 1 nitrogen and oxygen atoms in total. The second-order valence-electron chi connectivity index (χ2n) is 4.38. The first kappa shape index (κ1) is 10.4. The standard InChI is InChI=1S/C14H19N/c1-3-6-11(2)15-14-10-9-12-7-4-5-8-13(12)14/h3-5,7-8,11,14-15H,1,6,9-10H2,2H3. The van der Waals surface area contributed by atoms with Crippen LogP contribution in [-0.4, -0.2) is 6.04 Å². The maximum atomic E-state index is 3.78. The van der Waals surface area contributed by atoms with E-state index in [-0.39, 0.29) is 0 Å². The summed E-state index contributed by atoms with van der Waals surface area (Å²) in [4.78, 5) is 0. The zero-order valence-electron chi connectivity index (χ0n) is 9.37. The molecule has 0 aliphatic heterocycles. The molecule has 0 radical (unpaired) electrons. The molecule has 0 heterocycles. The minimum absolute atomic E-state index is 0.527. The molecule has 0 amide bonds. The Labute approximate surface area is 92.2 Å².